The molecular formula is C28H30N4O3. The van der Waals surface area contributed by atoms with E-state index >= 15 is 0 Å². The SMILES string of the molecule is Cc1ccc(C(=O)Nc2cc(N3CCNCC3)ccc2-c2ccc(/C=C/C(=O)NO)cc2C)cc1. The van der Waals surface area contributed by atoms with Crippen LogP contribution in [0.25, 0.3) is 17.2 Å². The molecule has 1 saturated heterocycles. The molecule has 7 heteroatoms. The zero-order valence-electron chi connectivity index (χ0n) is 20.0. The largest absolute Gasteiger partial charge is 0.369 e. The third-order valence-electron chi connectivity index (χ3n) is 6.13. The maximum atomic E-state index is 13.1. The fourth-order valence-electron chi connectivity index (χ4n) is 4.19. The second-order valence-corrected chi connectivity index (χ2v) is 8.67. The molecule has 3 aromatic carbocycles. The van der Waals surface area contributed by atoms with Crippen LogP contribution >= 0.6 is 0 Å². The first-order chi connectivity index (χ1) is 16.9. The molecule has 0 saturated carbocycles. The van der Waals surface area contributed by atoms with E-state index in [4.69, 9.17) is 5.21 Å². The number of hydroxylamine groups is 1. The lowest BCUT2D eigenvalue weighted by Gasteiger charge is -2.30. The number of amides is 2. The standard InChI is InChI=1S/C28H30N4O3/c1-19-3-7-22(8-4-19)28(34)30-26-18-23(32-15-13-29-14-16-32)9-11-25(26)24-10-5-21(17-20(24)2)6-12-27(33)31-35/h3-12,17-18,29,35H,13-16H2,1-2H3,(H,30,34)(H,31,33)/b12-6+. The Morgan fingerprint density at radius 1 is 0.943 bits per heavy atom. The maximum absolute atomic E-state index is 13.1. The highest BCUT2D eigenvalue weighted by atomic mass is 16.5. The van der Waals surface area contributed by atoms with E-state index in [1.54, 1.807) is 11.6 Å². The van der Waals surface area contributed by atoms with Gasteiger partial charge in [0.1, 0.15) is 0 Å². The second-order valence-electron chi connectivity index (χ2n) is 8.67. The first-order valence-electron chi connectivity index (χ1n) is 11.7. The monoisotopic (exact) mass is 470 g/mol. The number of piperazine rings is 1. The Hall–Kier alpha value is -3.94. The molecule has 4 rings (SSSR count). The molecule has 0 aliphatic carbocycles. The van der Waals surface area contributed by atoms with Gasteiger partial charge in [-0.1, -0.05) is 42.0 Å². The van der Waals surface area contributed by atoms with Crippen LogP contribution < -0.4 is 21.0 Å². The van der Waals surface area contributed by atoms with E-state index in [1.165, 1.54) is 6.08 Å². The summed E-state index contributed by atoms with van der Waals surface area (Å²) in [4.78, 5) is 26.7. The first kappa shape index (κ1) is 24.2. The summed E-state index contributed by atoms with van der Waals surface area (Å²) in [6.45, 7) is 7.66. The molecular weight excluding hydrogens is 440 g/mol. The number of aryl methyl sites for hydroxylation is 2. The summed E-state index contributed by atoms with van der Waals surface area (Å²) >= 11 is 0. The summed E-state index contributed by atoms with van der Waals surface area (Å²) in [6.07, 6.45) is 2.90. The van der Waals surface area contributed by atoms with Crippen LogP contribution in [0.3, 0.4) is 0 Å². The summed E-state index contributed by atoms with van der Waals surface area (Å²) in [5.41, 5.74) is 8.85. The van der Waals surface area contributed by atoms with E-state index in [9.17, 15) is 9.59 Å². The minimum absolute atomic E-state index is 0.157. The van der Waals surface area contributed by atoms with Crippen LogP contribution in [0, 0.1) is 13.8 Å². The fraction of sp³-hybridized carbons (Fsp3) is 0.214. The number of hydrogen-bond acceptors (Lipinski definition) is 5. The highest BCUT2D eigenvalue weighted by molar-refractivity contribution is 6.06. The van der Waals surface area contributed by atoms with Gasteiger partial charge in [0, 0.05) is 49.1 Å². The minimum Gasteiger partial charge on any atom is -0.369 e. The molecule has 3 aromatic rings. The number of carbonyl (C=O) groups excluding carboxylic acids is 2. The molecule has 0 radical (unpaired) electrons. The van der Waals surface area contributed by atoms with Crippen LogP contribution in [0.1, 0.15) is 27.0 Å². The molecule has 1 heterocycles. The number of anilines is 2. The minimum atomic E-state index is -0.587. The van der Waals surface area contributed by atoms with Crippen molar-refractivity contribution in [1.29, 1.82) is 0 Å². The summed E-state index contributed by atoms with van der Waals surface area (Å²) in [7, 11) is 0. The predicted molar refractivity (Wildman–Crippen MR) is 140 cm³/mol. The van der Waals surface area contributed by atoms with Gasteiger partial charge in [0.25, 0.3) is 11.8 Å². The highest BCUT2D eigenvalue weighted by Gasteiger charge is 2.16. The van der Waals surface area contributed by atoms with Gasteiger partial charge in [-0.2, -0.15) is 0 Å². The van der Waals surface area contributed by atoms with E-state index in [0.29, 0.717) is 5.56 Å². The van der Waals surface area contributed by atoms with Crippen molar-refractivity contribution in [3.63, 3.8) is 0 Å². The summed E-state index contributed by atoms with van der Waals surface area (Å²) in [6, 6.07) is 19.6. The number of nitrogens with one attached hydrogen (secondary N) is 3. The second kappa shape index (κ2) is 11.0. The van der Waals surface area contributed by atoms with Gasteiger partial charge in [-0.15, -0.1) is 0 Å². The zero-order chi connectivity index (χ0) is 24.8. The Balaban J connectivity index is 1.70. The molecule has 4 N–H and O–H groups in total. The molecule has 7 nitrogen and oxygen atoms in total. The average molecular weight is 471 g/mol. The molecule has 35 heavy (non-hydrogen) atoms. The lowest BCUT2D eigenvalue weighted by molar-refractivity contribution is -0.124. The van der Waals surface area contributed by atoms with Crippen LogP contribution in [0.2, 0.25) is 0 Å². The molecule has 1 aliphatic heterocycles. The first-order valence-corrected chi connectivity index (χ1v) is 11.7. The van der Waals surface area contributed by atoms with Gasteiger partial charge in [-0.25, -0.2) is 5.48 Å². The van der Waals surface area contributed by atoms with Crippen molar-refractivity contribution < 1.29 is 14.8 Å². The number of carbonyl (C=O) groups is 2. The number of nitrogens with zero attached hydrogens (tertiary/aromatic N) is 1. The molecule has 1 aliphatic rings. The van der Waals surface area contributed by atoms with Crippen molar-refractivity contribution >= 4 is 29.3 Å². The Labute approximate surface area is 205 Å². The average Bonchev–Trinajstić information content (AvgIpc) is 2.88. The van der Waals surface area contributed by atoms with Crippen LogP contribution in [-0.2, 0) is 4.79 Å². The Kier molecular flexibility index (Phi) is 7.60. The molecule has 2 amide bonds. The van der Waals surface area contributed by atoms with Gasteiger partial charge >= 0.3 is 0 Å². The summed E-state index contributed by atoms with van der Waals surface area (Å²) in [5, 5.41) is 15.2. The fourth-order valence-corrected chi connectivity index (χ4v) is 4.19. The molecule has 0 spiro atoms. The normalized spacial score (nSPS) is 13.6. The summed E-state index contributed by atoms with van der Waals surface area (Å²) < 4.78 is 0. The van der Waals surface area contributed by atoms with Crippen LogP contribution in [-0.4, -0.2) is 43.2 Å². The molecule has 0 aromatic heterocycles. The molecule has 180 valence electrons. The lowest BCUT2D eigenvalue weighted by Crippen LogP contribution is -2.43. The Morgan fingerprint density at radius 3 is 2.34 bits per heavy atom. The Morgan fingerprint density at radius 2 is 1.66 bits per heavy atom. The zero-order valence-corrected chi connectivity index (χ0v) is 20.0. The topological polar surface area (TPSA) is 93.7 Å². The quantitative estimate of drug-likeness (QED) is 0.247. The van der Waals surface area contributed by atoms with Gasteiger partial charge in [0.15, 0.2) is 0 Å². The van der Waals surface area contributed by atoms with Crippen molar-refractivity contribution in [2.24, 2.45) is 0 Å². The molecule has 0 unspecified atom stereocenters. The van der Waals surface area contributed by atoms with E-state index in [-0.39, 0.29) is 5.91 Å². The van der Waals surface area contributed by atoms with Crippen molar-refractivity contribution in [2.75, 3.05) is 36.4 Å². The number of benzene rings is 3. The smallest absolute Gasteiger partial charge is 0.267 e. The third kappa shape index (κ3) is 5.95. The van der Waals surface area contributed by atoms with Crippen LogP contribution in [0.4, 0.5) is 11.4 Å². The predicted octanol–water partition coefficient (Wildman–Crippen LogP) is 4.15. The maximum Gasteiger partial charge on any atom is 0.267 e. The number of rotatable bonds is 6. The Bertz CT molecular complexity index is 1250. The van der Waals surface area contributed by atoms with Crippen molar-refractivity contribution in [1.82, 2.24) is 10.8 Å². The molecule has 1 fully saturated rings. The van der Waals surface area contributed by atoms with Gasteiger partial charge in [-0.05, 0) is 60.9 Å². The molecule has 0 bridgehead atoms. The van der Waals surface area contributed by atoms with Crippen molar-refractivity contribution in [3.8, 4) is 11.1 Å². The highest BCUT2D eigenvalue weighted by Crippen LogP contribution is 2.35. The van der Waals surface area contributed by atoms with E-state index < -0.39 is 5.91 Å². The van der Waals surface area contributed by atoms with E-state index in [0.717, 1.165) is 65.4 Å². The van der Waals surface area contributed by atoms with Crippen LogP contribution in [0.15, 0.2) is 66.7 Å². The number of hydrogen-bond donors (Lipinski definition) is 4. The molecule has 0 atom stereocenters. The van der Waals surface area contributed by atoms with Gasteiger partial charge in [0.05, 0.1) is 5.69 Å². The van der Waals surface area contributed by atoms with Crippen molar-refractivity contribution in [3.05, 3.63) is 89.0 Å². The lowest BCUT2D eigenvalue weighted by atomic mass is 9.96. The van der Waals surface area contributed by atoms with E-state index in [1.807, 2.05) is 62.4 Å². The van der Waals surface area contributed by atoms with Gasteiger partial charge in [-0.3, -0.25) is 14.8 Å². The van der Waals surface area contributed by atoms with Gasteiger partial charge < -0.3 is 15.5 Å². The van der Waals surface area contributed by atoms with Gasteiger partial charge in [0.2, 0.25) is 0 Å². The van der Waals surface area contributed by atoms with Crippen LogP contribution in [0.5, 0.6) is 0 Å². The van der Waals surface area contributed by atoms with Crippen molar-refractivity contribution in [2.45, 2.75) is 13.8 Å². The third-order valence-corrected chi connectivity index (χ3v) is 6.13. The van der Waals surface area contributed by atoms with E-state index in [2.05, 4.69) is 27.7 Å². The summed E-state index contributed by atoms with van der Waals surface area (Å²) in [5.74, 6) is -0.743.